The highest BCUT2D eigenvalue weighted by molar-refractivity contribution is 5.77. The molecule has 144 valence electrons. The number of para-hydroxylation sites is 1. The number of carbonyl (C=O) groups is 1. The van der Waals surface area contributed by atoms with E-state index in [9.17, 15) is 4.79 Å². The minimum atomic E-state index is 0.238. The van der Waals surface area contributed by atoms with Crippen LogP contribution in [-0.4, -0.2) is 51.8 Å². The number of piperidine rings is 1. The van der Waals surface area contributed by atoms with Crippen molar-refractivity contribution < 1.29 is 4.79 Å². The molecule has 1 aromatic heterocycles. The summed E-state index contributed by atoms with van der Waals surface area (Å²) in [5.74, 6) is 2.80. The minimum absolute atomic E-state index is 0.238. The van der Waals surface area contributed by atoms with Crippen LogP contribution in [0.25, 0.3) is 0 Å². The predicted molar refractivity (Wildman–Crippen MR) is 105 cm³/mol. The Morgan fingerprint density at radius 3 is 2.85 bits per heavy atom. The molecule has 2 N–H and O–H groups in total. The van der Waals surface area contributed by atoms with E-state index in [0.717, 1.165) is 62.9 Å². The predicted octanol–water partition coefficient (Wildman–Crippen LogP) is 1.90. The van der Waals surface area contributed by atoms with Gasteiger partial charge in [0.15, 0.2) is 0 Å². The molecule has 1 saturated heterocycles. The van der Waals surface area contributed by atoms with E-state index >= 15 is 0 Å². The molecule has 0 atom stereocenters. The summed E-state index contributed by atoms with van der Waals surface area (Å²) in [4.78, 5) is 14.5. The number of benzene rings is 1. The summed E-state index contributed by atoms with van der Waals surface area (Å²) >= 11 is 0. The Morgan fingerprint density at radius 1 is 1.22 bits per heavy atom. The second-order valence-electron chi connectivity index (χ2n) is 7.45. The van der Waals surface area contributed by atoms with Crippen LogP contribution in [0.4, 0.5) is 5.69 Å². The minimum Gasteiger partial charge on any atom is -0.384 e. The summed E-state index contributed by atoms with van der Waals surface area (Å²) in [5, 5.41) is 15.5. The van der Waals surface area contributed by atoms with E-state index < -0.39 is 0 Å². The van der Waals surface area contributed by atoms with E-state index in [1.165, 1.54) is 5.56 Å². The number of fused-ring (bicyclic) bond motifs is 1. The monoisotopic (exact) mass is 368 g/mol. The van der Waals surface area contributed by atoms with E-state index in [2.05, 4.69) is 44.5 Å². The first-order chi connectivity index (χ1) is 13.2. The van der Waals surface area contributed by atoms with Crippen molar-refractivity contribution in [3.63, 3.8) is 0 Å². The van der Waals surface area contributed by atoms with Gasteiger partial charge in [-0.3, -0.25) is 4.79 Å². The molecule has 2 aliphatic heterocycles. The van der Waals surface area contributed by atoms with Crippen LogP contribution in [-0.2, 0) is 17.9 Å². The first kappa shape index (κ1) is 18.0. The molecular formula is C20H28N6O. The number of likely N-dealkylation sites (tertiary alicyclic amines) is 1. The number of anilines is 1. The summed E-state index contributed by atoms with van der Waals surface area (Å²) in [5.41, 5.74) is 2.31. The molecule has 1 fully saturated rings. The molecule has 27 heavy (non-hydrogen) atoms. The van der Waals surface area contributed by atoms with Gasteiger partial charge in [0, 0.05) is 50.7 Å². The van der Waals surface area contributed by atoms with E-state index in [4.69, 9.17) is 0 Å². The number of aromatic nitrogens is 3. The van der Waals surface area contributed by atoms with Gasteiger partial charge < -0.3 is 20.1 Å². The lowest BCUT2D eigenvalue weighted by atomic mass is 9.95. The maximum atomic E-state index is 12.5. The van der Waals surface area contributed by atoms with Crippen molar-refractivity contribution in [1.29, 1.82) is 0 Å². The third-order valence-corrected chi connectivity index (χ3v) is 5.66. The van der Waals surface area contributed by atoms with Crippen molar-refractivity contribution in [3.8, 4) is 0 Å². The van der Waals surface area contributed by atoms with Gasteiger partial charge in [-0.25, -0.2) is 0 Å². The summed E-state index contributed by atoms with van der Waals surface area (Å²) in [6, 6.07) is 8.17. The Hall–Kier alpha value is -2.41. The SMILES string of the molecule is Cc1ccccc1NCCC(=O)N1CCC(c2nnc3n2CCNC3)CC1. The maximum absolute atomic E-state index is 12.5. The highest BCUT2D eigenvalue weighted by Gasteiger charge is 2.28. The van der Waals surface area contributed by atoms with E-state index in [0.29, 0.717) is 18.9 Å². The Labute approximate surface area is 160 Å². The molecule has 0 bridgehead atoms. The van der Waals surface area contributed by atoms with Crippen LogP contribution >= 0.6 is 0 Å². The molecule has 7 nitrogen and oxygen atoms in total. The lowest BCUT2D eigenvalue weighted by Gasteiger charge is -2.32. The van der Waals surface area contributed by atoms with E-state index in [1.54, 1.807) is 0 Å². The van der Waals surface area contributed by atoms with Gasteiger partial charge in [0.05, 0.1) is 6.54 Å². The van der Waals surface area contributed by atoms with Crippen molar-refractivity contribution in [2.45, 2.75) is 45.2 Å². The zero-order valence-corrected chi connectivity index (χ0v) is 15.9. The third kappa shape index (κ3) is 3.98. The summed E-state index contributed by atoms with van der Waals surface area (Å²) in [7, 11) is 0. The van der Waals surface area contributed by atoms with Crippen LogP contribution in [0.2, 0.25) is 0 Å². The average molecular weight is 368 g/mol. The highest BCUT2D eigenvalue weighted by atomic mass is 16.2. The van der Waals surface area contributed by atoms with Crippen molar-refractivity contribution in [2.24, 2.45) is 0 Å². The quantitative estimate of drug-likeness (QED) is 0.843. The van der Waals surface area contributed by atoms with Gasteiger partial charge in [-0.1, -0.05) is 18.2 Å². The van der Waals surface area contributed by atoms with Crippen LogP contribution in [0.15, 0.2) is 24.3 Å². The lowest BCUT2D eigenvalue weighted by molar-refractivity contribution is -0.132. The third-order valence-electron chi connectivity index (χ3n) is 5.66. The normalized spacial score (nSPS) is 17.6. The number of rotatable bonds is 5. The molecule has 4 rings (SSSR count). The van der Waals surface area contributed by atoms with Crippen molar-refractivity contribution in [2.75, 3.05) is 31.5 Å². The van der Waals surface area contributed by atoms with Gasteiger partial charge in [-0.2, -0.15) is 0 Å². The Morgan fingerprint density at radius 2 is 2.04 bits per heavy atom. The first-order valence-electron chi connectivity index (χ1n) is 9.92. The highest BCUT2D eigenvalue weighted by Crippen LogP contribution is 2.28. The average Bonchev–Trinajstić information content (AvgIpc) is 3.14. The van der Waals surface area contributed by atoms with Crippen LogP contribution in [0.5, 0.6) is 0 Å². The smallest absolute Gasteiger partial charge is 0.224 e. The molecule has 7 heteroatoms. The van der Waals surface area contributed by atoms with Crippen LogP contribution < -0.4 is 10.6 Å². The number of hydrogen-bond acceptors (Lipinski definition) is 5. The Balaban J connectivity index is 1.26. The van der Waals surface area contributed by atoms with Gasteiger partial charge in [-0.15, -0.1) is 10.2 Å². The molecule has 2 aliphatic rings. The number of hydrogen-bond donors (Lipinski definition) is 2. The first-order valence-corrected chi connectivity index (χ1v) is 9.92. The van der Waals surface area contributed by atoms with Crippen molar-refractivity contribution in [1.82, 2.24) is 25.0 Å². The molecule has 0 saturated carbocycles. The van der Waals surface area contributed by atoms with Gasteiger partial charge in [0.25, 0.3) is 0 Å². The van der Waals surface area contributed by atoms with Crippen LogP contribution in [0.3, 0.4) is 0 Å². The number of aryl methyl sites for hydroxylation is 1. The fraction of sp³-hybridized carbons (Fsp3) is 0.550. The number of amides is 1. The Kier molecular flexibility index (Phi) is 5.38. The molecule has 3 heterocycles. The lowest BCUT2D eigenvalue weighted by Crippen LogP contribution is -2.39. The van der Waals surface area contributed by atoms with Crippen molar-refractivity contribution >= 4 is 11.6 Å². The van der Waals surface area contributed by atoms with Gasteiger partial charge in [-0.05, 0) is 31.4 Å². The van der Waals surface area contributed by atoms with Crippen LogP contribution in [0.1, 0.15) is 42.4 Å². The number of nitrogens with zero attached hydrogens (tertiary/aromatic N) is 4. The molecule has 0 unspecified atom stereocenters. The summed E-state index contributed by atoms with van der Waals surface area (Å²) < 4.78 is 2.27. The largest absolute Gasteiger partial charge is 0.384 e. The van der Waals surface area contributed by atoms with Gasteiger partial charge in [0.2, 0.25) is 5.91 Å². The molecule has 0 radical (unpaired) electrons. The second-order valence-corrected chi connectivity index (χ2v) is 7.45. The molecular weight excluding hydrogens is 340 g/mol. The number of nitrogens with one attached hydrogen (secondary N) is 2. The molecule has 0 aliphatic carbocycles. The molecule has 0 spiro atoms. The van der Waals surface area contributed by atoms with E-state index in [-0.39, 0.29) is 5.91 Å². The Bertz CT molecular complexity index is 794. The fourth-order valence-electron chi connectivity index (χ4n) is 4.04. The van der Waals surface area contributed by atoms with Crippen molar-refractivity contribution in [3.05, 3.63) is 41.5 Å². The standard InChI is InChI=1S/C20H28N6O/c1-15-4-2-3-5-17(15)22-9-6-19(27)25-11-7-16(8-12-25)20-24-23-18-14-21-10-13-26(18)20/h2-5,16,21-22H,6-14H2,1H3. The molecule has 2 aromatic rings. The zero-order valence-electron chi connectivity index (χ0n) is 15.9. The van der Waals surface area contributed by atoms with E-state index in [1.807, 2.05) is 17.0 Å². The van der Waals surface area contributed by atoms with Gasteiger partial charge >= 0.3 is 0 Å². The topological polar surface area (TPSA) is 75.1 Å². The zero-order chi connectivity index (χ0) is 18.6. The van der Waals surface area contributed by atoms with Crippen LogP contribution in [0, 0.1) is 6.92 Å². The molecule has 1 amide bonds. The van der Waals surface area contributed by atoms with Gasteiger partial charge in [0.1, 0.15) is 11.6 Å². The summed E-state index contributed by atoms with van der Waals surface area (Å²) in [6.07, 6.45) is 2.48. The maximum Gasteiger partial charge on any atom is 0.224 e. The second kappa shape index (κ2) is 8.08. The fourth-order valence-corrected chi connectivity index (χ4v) is 4.04. The summed E-state index contributed by atoms with van der Waals surface area (Å²) in [6.45, 7) is 7.11. The molecule has 1 aromatic carbocycles. The number of carbonyl (C=O) groups excluding carboxylic acids is 1.